The second-order valence-corrected chi connectivity index (χ2v) is 2.28. The van der Waals surface area contributed by atoms with Crippen LogP contribution in [0.4, 0.5) is 0 Å². The SMILES string of the molecule is C=CCN.C=CCNCC=C.CC(=O)O. The van der Waals surface area contributed by atoms with Crippen molar-refractivity contribution in [1.29, 1.82) is 0 Å². The van der Waals surface area contributed by atoms with E-state index in [0.717, 1.165) is 20.0 Å². The van der Waals surface area contributed by atoms with Gasteiger partial charge in [0.05, 0.1) is 0 Å². The molecule has 0 aliphatic rings. The molecular formula is C11H22N2O2. The molecule has 0 bridgehead atoms. The van der Waals surface area contributed by atoms with Gasteiger partial charge >= 0.3 is 0 Å². The maximum Gasteiger partial charge on any atom is 0.300 e. The summed E-state index contributed by atoms with van der Waals surface area (Å²) in [5.74, 6) is -0.833. The zero-order valence-corrected chi connectivity index (χ0v) is 9.41. The first kappa shape index (κ1) is 19.2. The second-order valence-electron chi connectivity index (χ2n) is 2.28. The van der Waals surface area contributed by atoms with E-state index >= 15 is 0 Å². The lowest BCUT2D eigenvalue weighted by Gasteiger charge is -1.90. The summed E-state index contributed by atoms with van der Waals surface area (Å²) < 4.78 is 0. The average molecular weight is 214 g/mol. The molecule has 0 radical (unpaired) electrons. The van der Waals surface area contributed by atoms with Gasteiger partial charge < -0.3 is 16.2 Å². The number of hydrogen-bond donors (Lipinski definition) is 3. The van der Waals surface area contributed by atoms with Crippen molar-refractivity contribution in [2.24, 2.45) is 5.73 Å². The van der Waals surface area contributed by atoms with Crippen LogP contribution in [0.3, 0.4) is 0 Å². The van der Waals surface area contributed by atoms with Crippen molar-refractivity contribution in [3.63, 3.8) is 0 Å². The van der Waals surface area contributed by atoms with Crippen molar-refractivity contribution in [3.05, 3.63) is 38.0 Å². The molecule has 4 N–H and O–H groups in total. The molecule has 88 valence electrons. The minimum absolute atomic E-state index is 0.583. The fourth-order valence-corrected chi connectivity index (χ4v) is 0.287. The predicted molar refractivity (Wildman–Crippen MR) is 65.8 cm³/mol. The Kier molecular flexibility index (Phi) is 29.4. The van der Waals surface area contributed by atoms with Crippen LogP contribution in [0.2, 0.25) is 0 Å². The van der Waals surface area contributed by atoms with Gasteiger partial charge in [0.2, 0.25) is 0 Å². The van der Waals surface area contributed by atoms with Crippen molar-refractivity contribution < 1.29 is 9.90 Å². The van der Waals surface area contributed by atoms with E-state index < -0.39 is 5.97 Å². The van der Waals surface area contributed by atoms with Gasteiger partial charge in [-0.3, -0.25) is 4.79 Å². The molecule has 0 saturated carbocycles. The first-order valence-electron chi connectivity index (χ1n) is 4.49. The summed E-state index contributed by atoms with van der Waals surface area (Å²) in [7, 11) is 0. The number of carboxylic acid groups (broad SMARTS) is 1. The lowest BCUT2D eigenvalue weighted by atomic mass is 10.5. The van der Waals surface area contributed by atoms with Crippen molar-refractivity contribution in [1.82, 2.24) is 5.32 Å². The molecule has 0 aliphatic heterocycles. The van der Waals surface area contributed by atoms with Crippen LogP contribution in [-0.4, -0.2) is 30.7 Å². The minimum atomic E-state index is -0.833. The van der Waals surface area contributed by atoms with E-state index in [2.05, 4.69) is 25.1 Å². The highest BCUT2D eigenvalue weighted by molar-refractivity contribution is 5.62. The van der Waals surface area contributed by atoms with Crippen molar-refractivity contribution in [2.75, 3.05) is 19.6 Å². The fraction of sp³-hybridized carbons (Fsp3) is 0.364. The Bertz CT molecular complexity index is 156. The summed E-state index contributed by atoms with van der Waals surface area (Å²) >= 11 is 0. The van der Waals surface area contributed by atoms with Gasteiger partial charge in [0.25, 0.3) is 5.97 Å². The van der Waals surface area contributed by atoms with Crippen LogP contribution in [0, 0.1) is 0 Å². The Labute approximate surface area is 92.2 Å². The molecule has 0 atom stereocenters. The Balaban J connectivity index is -0.000000155. The highest BCUT2D eigenvalue weighted by Crippen LogP contribution is 1.59. The summed E-state index contributed by atoms with van der Waals surface area (Å²) in [6, 6.07) is 0. The van der Waals surface area contributed by atoms with Gasteiger partial charge in [0.1, 0.15) is 0 Å². The molecule has 0 amide bonds. The van der Waals surface area contributed by atoms with Crippen LogP contribution < -0.4 is 11.1 Å². The third-order valence-corrected chi connectivity index (χ3v) is 0.744. The van der Waals surface area contributed by atoms with E-state index in [0.29, 0.717) is 6.54 Å². The molecule has 15 heavy (non-hydrogen) atoms. The quantitative estimate of drug-likeness (QED) is 0.474. The van der Waals surface area contributed by atoms with Gasteiger partial charge in [0, 0.05) is 26.6 Å². The lowest BCUT2D eigenvalue weighted by Crippen LogP contribution is -2.11. The van der Waals surface area contributed by atoms with Crippen LogP contribution in [0.5, 0.6) is 0 Å². The zero-order chi connectivity index (χ0) is 12.5. The molecule has 0 aromatic carbocycles. The first-order valence-corrected chi connectivity index (χ1v) is 4.49. The number of hydrogen-bond acceptors (Lipinski definition) is 3. The smallest absolute Gasteiger partial charge is 0.300 e. The first-order chi connectivity index (χ1) is 7.06. The molecule has 0 aromatic rings. The van der Waals surface area contributed by atoms with Crippen molar-refractivity contribution >= 4 is 5.97 Å². The van der Waals surface area contributed by atoms with Crippen molar-refractivity contribution in [2.45, 2.75) is 6.92 Å². The van der Waals surface area contributed by atoms with E-state index in [-0.39, 0.29) is 0 Å². The standard InChI is InChI=1S/C6H11N.C3H7N.C2H4O2/c1-3-5-7-6-4-2;1-2-3-4;1-2(3)4/h3-4,7H,1-2,5-6H2;2H,1,3-4H2;1H3,(H,3,4). The second kappa shape index (κ2) is 22.9. The van der Waals surface area contributed by atoms with Gasteiger partial charge in [-0.1, -0.05) is 18.2 Å². The Morgan fingerprint density at radius 1 is 1.27 bits per heavy atom. The van der Waals surface area contributed by atoms with Gasteiger partial charge in [0.15, 0.2) is 0 Å². The highest BCUT2D eigenvalue weighted by Gasteiger charge is 1.69. The van der Waals surface area contributed by atoms with E-state index in [1.165, 1.54) is 0 Å². The van der Waals surface area contributed by atoms with E-state index in [1.807, 2.05) is 12.2 Å². The maximum absolute atomic E-state index is 9.00. The fourth-order valence-electron chi connectivity index (χ4n) is 0.287. The molecule has 4 heteroatoms. The zero-order valence-electron chi connectivity index (χ0n) is 9.41. The molecule has 0 aromatic heterocycles. The molecule has 0 fully saturated rings. The third kappa shape index (κ3) is 109. The predicted octanol–water partition coefficient (Wildman–Crippen LogP) is 1.17. The van der Waals surface area contributed by atoms with Crippen molar-refractivity contribution in [3.8, 4) is 0 Å². The number of aliphatic carboxylic acids is 1. The maximum atomic E-state index is 9.00. The molecule has 0 aliphatic carbocycles. The largest absolute Gasteiger partial charge is 0.481 e. The molecule has 0 heterocycles. The van der Waals surface area contributed by atoms with Crippen LogP contribution >= 0.6 is 0 Å². The normalized spacial score (nSPS) is 7.07. The molecule has 0 spiro atoms. The Morgan fingerprint density at radius 3 is 1.67 bits per heavy atom. The van der Waals surface area contributed by atoms with Crippen LogP contribution in [0.15, 0.2) is 38.0 Å². The number of nitrogens with two attached hydrogens (primary N) is 1. The lowest BCUT2D eigenvalue weighted by molar-refractivity contribution is -0.134. The molecule has 0 saturated heterocycles. The Hall–Kier alpha value is -1.39. The van der Waals surface area contributed by atoms with E-state index in [9.17, 15) is 0 Å². The topological polar surface area (TPSA) is 75.3 Å². The monoisotopic (exact) mass is 214 g/mol. The molecule has 4 nitrogen and oxygen atoms in total. The highest BCUT2D eigenvalue weighted by atomic mass is 16.4. The van der Waals surface area contributed by atoms with Gasteiger partial charge in [-0.2, -0.15) is 0 Å². The number of rotatable bonds is 5. The Morgan fingerprint density at radius 2 is 1.53 bits per heavy atom. The number of carboxylic acids is 1. The van der Waals surface area contributed by atoms with E-state index in [1.54, 1.807) is 6.08 Å². The molecular weight excluding hydrogens is 192 g/mol. The van der Waals surface area contributed by atoms with Gasteiger partial charge in [-0.15, -0.1) is 19.7 Å². The molecule has 0 unspecified atom stereocenters. The van der Waals surface area contributed by atoms with Gasteiger partial charge in [-0.05, 0) is 0 Å². The number of nitrogens with one attached hydrogen (secondary N) is 1. The summed E-state index contributed by atoms with van der Waals surface area (Å²) in [5, 5.41) is 10.5. The van der Waals surface area contributed by atoms with Crippen LogP contribution in [-0.2, 0) is 4.79 Å². The van der Waals surface area contributed by atoms with Crippen LogP contribution in [0.25, 0.3) is 0 Å². The van der Waals surface area contributed by atoms with Crippen LogP contribution in [0.1, 0.15) is 6.92 Å². The number of carbonyl (C=O) groups is 1. The minimum Gasteiger partial charge on any atom is -0.481 e. The summed E-state index contributed by atoms with van der Waals surface area (Å²) in [4.78, 5) is 9.00. The summed E-state index contributed by atoms with van der Waals surface area (Å²) in [5.41, 5.74) is 4.91. The van der Waals surface area contributed by atoms with Gasteiger partial charge in [-0.25, -0.2) is 0 Å². The van der Waals surface area contributed by atoms with E-state index in [4.69, 9.17) is 15.6 Å². The summed E-state index contributed by atoms with van der Waals surface area (Å²) in [6.07, 6.45) is 5.30. The summed E-state index contributed by atoms with van der Waals surface area (Å²) in [6.45, 7) is 13.8. The average Bonchev–Trinajstić information content (AvgIpc) is 2.18. The third-order valence-electron chi connectivity index (χ3n) is 0.744. The molecule has 0 rings (SSSR count).